The fourth-order valence-electron chi connectivity index (χ4n) is 2.85. The first-order valence-electron chi connectivity index (χ1n) is 8.11. The van der Waals surface area contributed by atoms with Gasteiger partial charge in [-0.3, -0.25) is 4.79 Å². The Morgan fingerprint density at radius 2 is 1.65 bits per heavy atom. The molecule has 1 fully saturated rings. The van der Waals surface area contributed by atoms with Crippen LogP contribution < -0.4 is 0 Å². The summed E-state index contributed by atoms with van der Waals surface area (Å²) in [6.45, 7) is 2.53. The number of hydrogen-bond donors (Lipinski definition) is 0. The molecule has 0 unspecified atom stereocenters. The van der Waals surface area contributed by atoms with Crippen LogP contribution in [0, 0.1) is 12.7 Å². The van der Waals surface area contributed by atoms with Crippen molar-refractivity contribution < 1.29 is 17.6 Å². The summed E-state index contributed by atoms with van der Waals surface area (Å²) in [5.74, 6) is -1.21. The van der Waals surface area contributed by atoms with Crippen LogP contribution in [-0.2, 0) is 10.0 Å². The number of carbonyl (C=O) groups is 1. The molecule has 0 spiro atoms. The molecule has 5 nitrogen and oxygen atoms in total. The Kier molecular flexibility index (Phi) is 5.32. The van der Waals surface area contributed by atoms with Crippen molar-refractivity contribution in [3.8, 4) is 0 Å². The Balaban J connectivity index is 1.73. The molecule has 0 N–H and O–H groups in total. The number of nitrogens with zero attached hydrogens (tertiary/aromatic N) is 2. The average Bonchev–Trinajstić information content (AvgIpc) is 2.62. The maximum Gasteiger partial charge on any atom is 0.258 e. The van der Waals surface area contributed by atoms with E-state index in [0.717, 1.165) is 5.56 Å². The van der Waals surface area contributed by atoms with Crippen LogP contribution >= 0.6 is 11.6 Å². The minimum atomic E-state index is -3.61. The highest BCUT2D eigenvalue weighted by Gasteiger charge is 2.31. The Labute approximate surface area is 157 Å². The summed E-state index contributed by atoms with van der Waals surface area (Å²) in [6, 6.07) is 10.7. The van der Waals surface area contributed by atoms with Crippen molar-refractivity contribution in [2.24, 2.45) is 0 Å². The third kappa shape index (κ3) is 3.60. The minimum Gasteiger partial charge on any atom is -0.336 e. The first kappa shape index (κ1) is 18.8. The highest BCUT2D eigenvalue weighted by atomic mass is 35.5. The molecule has 2 aromatic rings. The molecule has 1 saturated heterocycles. The third-order valence-electron chi connectivity index (χ3n) is 4.36. The summed E-state index contributed by atoms with van der Waals surface area (Å²) >= 11 is 5.94. The highest BCUT2D eigenvalue weighted by molar-refractivity contribution is 7.89. The van der Waals surface area contributed by atoms with E-state index in [1.54, 1.807) is 24.3 Å². The summed E-state index contributed by atoms with van der Waals surface area (Å²) in [7, 11) is -3.61. The van der Waals surface area contributed by atoms with E-state index in [4.69, 9.17) is 11.6 Å². The molecule has 0 aromatic heterocycles. The van der Waals surface area contributed by atoms with E-state index in [-0.39, 0.29) is 41.7 Å². The number of benzene rings is 2. The number of rotatable bonds is 3. The topological polar surface area (TPSA) is 57.7 Å². The van der Waals surface area contributed by atoms with E-state index < -0.39 is 21.7 Å². The molecule has 26 heavy (non-hydrogen) atoms. The number of amides is 1. The lowest BCUT2D eigenvalue weighted by molar-refractivity contribution is 0.0693. The van der Waals surface area contributed by atoms with Crippen LogP contribution in [0.2, 0.25) is 5.02 Å². The van der Waals surface area contributed by atoms with Gasteiger partial charge in [-0.05, 0) is 31.2 Å². The normalized spacial score (nSPS) is 15.9. The number of aryl methyl sites for hydroxylation is 1. The first-order valence-corrected chi connectivity index (χ1v) is 9.92. The second-order valence-electron chi connectivity index (χ2n) is 6.11. The Bertz CT molecular complexity index is 904. The second kappa shape index (κ2) is 7.34. The van der Waals surface area contributed by atoms with Gasteiger partial charge in [0, 0.05) is 26.2 Å². The molecule has 1 heterocycles. The number of sulfonamides is 1. The van der Waals surface area contributed by atoms with Crippen molar-refractivity contribution >= 4 is 27.5 Å². The van der Waals surface area contributed by atoms with E-state index in [1.165, 1.54) is 27.4 Å². The standard InChI is InChI=1S/C18H18ClFN2O3S/c1-13-5-7-14(8-6-13)26(24,25)22-11-9-21(10-12-22)18(23)17-15(19)3-2-4-16(17)20/h2-8H,9-12H2,1H3. The van der Waals surface area contributed by atoms with E-state index in [0.29, 0.717) is 0 Å². The van der Waals surface area contributed by atoms with Gasteiger partial charge in [0.05, 0.1) is 15.5 Å². The van der Waals surface area contributed by atoms with E-state index in [2.05, 4.69) is 0 Å². The quantitative estimate of drug-likeness (QED) is 0.801. The Hall–Kier alpha value is -1.96. The van der Waals surface area contributed by atoms with Crippen molar-refractivity contribution in [2.45, 2.75) is 11.8 Å². The van der Waals surface area contributed by atoms with Crippen LogP contribution in [-0.4, -0.2) is 49.7 Å². The van der Waals surface area contributed by atoms with Crippen LogP contribution in [0.5, 0.6) is 0 Å². The fourth-order valence-corrected chi connectivity index (χ4v) is 4.52. The maximum absolute atomic E-state index is 13.9. The van der Waals surface area contributed by atoms with Gasteiger partial charge in [0.25, 0.3) is 5.91 Å². The number of carbonyl (C=O) groups excluding carboxylic acids is 1. The largest absolute Gasteiger partial charge is 0.336 e. The Morgan fingerprint density at radius 1 is 1.04 bits per heavy atom. The van der Waals surface area contributed by atoms with E-state index in [9.17, 15) is 17.6 Å². The van der Waals surface area contributed by atoms with Crippen LogP contribution in [0.25, 0.3) is 0 Å². The zero-order valence-electron chi connectivity index (χ0n) is 14.2. The lowest BCUT2D eigenvalue weighted by Crippen LogP contribution is -2.50. The number of hydrogen-bond acceptors (Lipinski definition) is 3. The molecule has 0 atom stereocenters. The average molecular weight is 397 g/mol. The molecular weight excluding hydrogens is 379 g/mol. The zero-order valence-corrected chi connectivity index (χ0v) is 15.7. The molecule has 0 bridgehead atoms. The molecule has 2 aromatic carbocycles. The van der Waals surface area contributed by atoms with Crippen molar-refractivity contribution in [1.29, 1.82) is 0 Å². The van der Waals surface area contributed by atoms with Gasteiger partial charge in [-0.1, -0.05) is 35.4 Å². The molecule has 3 rings (SSSR count). The fraction of sp³-hybridized carbons (Fsp3) is 0.278. The van der Waals surface area contributed by atoms with Gasteiger partial charge in [0.15, 0.2) is 0 Å². The number of piperazine rings is 1. The summed E-state index contributed by atoms with van der Waals surface area (Å²) < 4.78 is 40.7. The molecule has 138 valence electrons. The highest BCUT2D eigenvalue weighted by Crippen LogP contribution is 2.23. The van der Waals surface area contributed by atoms with Crippen LogP contribution in [0.1, 0.15) is 15.9 Å². The lowest BCUT2D eigenvalue weighted by Gasteiger charge is -2.34. The van der Waals surface area contributed by atoms with Gasteiger partial charge in [-0.15, -0.1) is 0 Å². The predicted octanol–water partition coefficient (Wildman–Crippen LogP) is 2.93. The van der Waals surface area contributed by atoms with Gasteiger partial charge in [-0.25, -0.2) is 12.8 Å². The molecular formula is C18H18ClFN2O3S. The molecule has 0 radical (unpaired) electrons. The molecule has 8 heteroatoms. The first-order chi connectivity index (χ1) is 12.3. The van der Waals surface area contributed by atoms with Crippen molar-refractivity contribution in [2.75, 3.05) is 26.2 Å². The summed E-state index contributed by atoms with van der Waals surface area (Å²) in [4.78, 5) is 14.2. The molecule has 0 saturated carbocycles. The predicted molar refractivity (Wildman–Crippen MR) is 97.3 cm³/mol. The van der Waals surface area contributed by atoms with Crippen molar-refractivity contribution in [3.63, 3.8) is 0 Å². The van der Waals surface area contributed by atoms with Crippen LogP contribution in [0.15, 0.2) is 47.4 Å². The van der Waals surface area contributed by atoms with E-state index >= 15 is 0 Å². The second-order valence-corrected chi connectivity index (χ2v) is 8.45. The van der Waals surface area contributed by atoms with Gasteiger partial charge in [-0.2, -0.15) is 4.31 Å². The molecule has 1 amide bonds. The van der Waals surface area contributed by atoms with E-state index in [1.807, 2.05) is 6.92 Å². The molecule has 1 aliphatic rings. The molecule has 1 aliphatic heterocycles. The monoisotopic (exact) mass is 396 g/mol. The summed E-state index contributed by atoms with van der Waals surface area (Å²) in [5, 5.41) is 0.0460. The van der Waals surface area contributed by atoms with Crippen molar-refractivity contribution in [3.05, 3.63) is 64.4 Å². The number of halogens is 2. The van der Waals surface area contributed by atoms with Gasteiger partial charge in [0.1, 0.15) is 5.82 Å². The van der Waals surface area contributed by atoms with Crippen LogP contribution in [0.4, 0.5) is 4.39 Å². The van der Waals surface area contributed by atoms with Gasteiger partial charge >= 0.3 is 0 Å². The third-order valence-corrected chi connectivity index (χ3v) is 6.59. The van der Waals surface area contributed by atoms with Gasteiger partial charge in [0.2, 0.25) is 10.0 Å². The van der Waals surface area contributed by atoms with Gasteiger partial charge < -0.3 is 4.90 Å². The minimum absolute atomic E-state index is 0.0460. The maximum atomic E-state index is 13.9. The summed E-state index contributed by atoms with van der Waals surface area (Å²) in [5.41, 5.74) is 0.796. The SMILES string of the molecule is Cc1ccc(S(=O)(=O)N2CCN(C(=O)c3c(F)cccc3Cl)CC2)cc1. The zero-order chi connectivity index (χ0) is 18.9. The lowest BCUT2D eigenvalue weighted by atomic mass is 10.1. The smallest absolute Gasteiger partial charge is 0.258 e. The van der Waals surface area contributed by atoms with Crippen molar-refractivity contribution in [1.82, 2.24) is 9.21 Å². The Morgan fingerprint density at radius 3 is 2.23 bits per heavy atom. The van der Waals surface area contributed by atoms with Crippen LogP contribution in [0.3, 0.4) is 0 Å². The molecule has 0 aliphatic carbocycles. The summed E-state index contributed by atoms with van der Waals surface area (Å²) in [6.07, 6.45) is 0.